The minimum absolute atomic E-state index is 0.00937. The van der Waals surface area contributed by atoms with Gasteiger partial charge in [-0.15, -0.1) is 0 Å². The number of hydrogen-bond donors (Lipinski definition) is 2. The molecule has 2 aromatic rings. The summed E-state index contributed by atoms with van der Waals surface area (Å²) < 4.78 is 0.821. The lowest BCUT2D eigenvalue weighted by Gasteiger charge is -2.36. The van der Waals surface area contributed by atoms with Gasteiger partial charge in [-0.3, -0.25) is 9.59 Å². The number of nitrogens with zero attached hydrogens (tertiary/aromatic N) is 2. The minimum Gasteiger partial charge on any atom is -0.508 e. The summed E-state index contributed by atoms with van der Waals surface area (Å²) >= 11 is 3.33. The van der Waals surface area contributed by atoms with Gasteiger partial charge >= 0.3 is 0 Å². The van der Waals surface area contributed by atoms with Gasteiger partial charge in [0.15, 0.2) is 0 Å². The number of phenolic OH excluding ortho intramolecular Hbond substituents is 1. The van der Waals surface area contributed by atoms with Crippen LogP contribution in [0.15, 0.2) is 53.0 Å². The molecule has 2 amide bonds. The highest BCUT2D eigenvalue weighted by Crippen LogP contribution is 2.19. The second-order valence-electron chi connectivity index (χ2n) is 6.08. The summed E-state index contributed by atoms with van der Waals surface area (Å²) in [6.07, 6.45) is 0. The Morgan fingerprint density at radius 2 is 1.73 bits per heavy atom. The quantitative estimate of drug-likeness (QED) is 0.799. The molecule has 6 nitrogen and oxygen atoms in total. The van der Waals surface area contributed by atoms with Gasteiger partial charge < -0.3 is 20.2 Å². The maximum atomic E-state index is 12.3. The summed E-state index contributed by atoms with van der Waals surface area (Å²) in [4.78, 5) is 28.4. The molecule has 2 N–H and O–H groups in total. The summed E-state index contributed by atoms with van der Waals surface area (Å²) in [5.41, 5.74) is 1.54. The van der Waals surface area contributed by atoms with E-state index in [2.05, 4.69) is 26.1 Å². The lowest BCUT2D eigenvalue weighted by atomic mass is 10.2. The Bertz CT molecular complexity index is 787. The van der Waals surface area contributed by atoms with Crippen LogP contribution in [-0.4, -0.2) is 54.5 Å². The first-order valence-electron chi connectivity index (χ1n) is 8.38. The van der Waals surface area contributed by atoms with E-state index in [4.69, 9.17) is 0 Å². The predicted molar refractivity (Wildman–Crippen MR) is 103 cm³/mol. The van der Waals surface area contributed by atoms with Gasteiger partial charge in [-0.1, -0.05) is 22.0 Å². The smallest absolute Gasteiger partial charge is 0.251 e. The molecule has 0 aliphatic carbocycles. The number of rotatable bonds is 4. The van der Waals surface area contributed by atoms with Crippen molar-refractivity contribution < 1.29 is 14.7 Å². The van der Waals surface area contributed by atoms with Crippen LogP contribution >= 0.6 is 15.9 Å². The SMILES string of the molecule is O=C(NCC(=O)N1CCN(c2ccc(O)cc2)CC1)c1cccc(Br)c1. The maximum absolute atomic E-state index is 12.3. The zero-order chi connectivity index (χ0) is 18.5. The highest BCUT2D eigenvalue weighted by Gasteiger charge is 2.21. The molecule has 0 atom stereocenters. The van der Waals surface area contributed by atoms with Crippen LogP contribution in [-0.2, 0) is 4.79 Å². The lowest BCUT2D eigenvalue weighted by Crippen LogP contribution is -2.51. The summed E-state index contributed by atoms with van der Waals surface area (Å²) in [6.45, 7) is 2.63. The molecule has 0 saturated carbocycles. The van der Waals surface area contributed by atoms with Crippen LogP contribution < -0.4 is 10.2 Å². The monoisotopic (exact) mass is 417 g/mol. The first-order valence-corrected chi connectivity index (χ1v) is 9.18. The molecule has 1 fully saturated rings. The third kappa shape index (κ3) is 4.54. The summed E-state index contributed by atoms with van der Waals surface area (Å²) in [6, 6.07) is 14.1. The van der Waals surface area contributed by atoms with Crippen molar-refractivity contribution in [1.29, 1.82) is 0 Å². The van der Waals surface area contributed by atoms with Gasteiger partial charge in [-0.25, -0.2) is 0 Å². The first-order chi connectivity index (χ1) is 12.5. The Morgan fingerprint density at radius 1 is 1.04 bits per heavy atom. The average Bonchev–Trinajstić information content (AvgIpc) is 2.66. The topological polar surface area (TPSA) is 72.9 Å². The van der Waals surface area contributed by atoms with E-state index >= 15 is 0 Å². The van der Waals surface area contributed by atoms with Crippen LogP contribution in [0.2, 0.25) is 0 Å². The summed E-state index contributed by atoms with van der Waals surface area (Å²) in [7, 11) is 0. The number of amides is 2. The van der Waals surface area contributed by atoms with Crippen molar-refractivity contribution in [1.82, 2.24) is 10.2 Å². The van der Waals surface area contributed by atoms with Crippen LogP contribution in [0, 0.1) is 0 Å². The zero-order valence-corrected chi connectivity index (χ0v) is 15.8. The number of carbonyl (C=O) groups excluding carboxylic acids is 2. The minimum atomic E-state index is -0.262. The molecular weight excluding hydrogens is 398 g/mol. The molecule has 26 heavy (non-hydrogen) atoms. The third-order valence-corrected chi connectivity index (χ3v) is 4.83. The van der Waals surface area contributed by atoms with E-state index in [0.29, 0.717) is 18.7 Å². The molecule has 0 unspecified atom stereocenters. The fraction of sp³-hybridized carbons (Fsp3) is 0.263. The van der Waals surface area contributed by atoms with E-state index in [1.807, 2.05) is 18.2 Å². The van der Waals surface area contributed by atoms with Crippen LogP contribution in [0.3, 0.4) is 0 Å². The van der Waals surface area contributed by atoms with Crippen LogP contribution in [0.4, 0.5) is 5.69 Å². The van der Waals surface area contributed by atoms with E-state index in [0.717, 1.165) is 23.2 Å². The summed E-state index contributed by atoms with van der Waals surface area (Å²) in [5.74, 6) is -0.107. The normalized spacial score (nSPS) is 14.2. The van der Waals surface area contributed by atoms with Crippen LogP contribution in [0.1, 0.15) is 10.4 Å². The molecule has 0 radical (unpaired) electrons. The van der Waals surface area contributed by atoms with Crippen molar-refractivity contribution in [2.75, 3.05) is 37.6 Å². The molecular formula is C19H20BrN3O3. The Hall–Kier alpha value is -2.54. The average molecular weight is 418 g/mol. The Labute approximate surface area is 160 Å². The van der Waals surface area contributed by atoms with Crippen molar-refractivity contribution in [3.05, 3.63) is 58.6 Å². The number of piperazine rings is 1. The van der Waals surface area contributed by atoms with E-state index in [-0.39, 0.29) is 24.1 Å². The molecule has 2 aromatic carbocycles. The third-order valence-electron chi connectivity index (χ3n) is 4.33. The van der Waals surface area contributed by atoms with Crippen molar-refractivity contribution >= 4 is 33.4 Å². The highest BCUT2D eigenvalue weighted by molar-refractivity contribution is 9.10. The molecule has 1 aliphatic heterocycles. The second kappa shape index (κ2) is 8.23. The molecule has 136 valence electrons. The number of aromatic hydroxyl groups is 1. The lowest BCUT2D eigenvalue weighted by molar-refractivity contribution is -0.130. The fourth-order valence-electron chi connectivity index (χ4n) is 2.88. The number of benzene rings is 2. The first kappa shape index (κ1) is 18.3. The standard InChI is InChI=1S/C19H20BrN3O3/c20-15-3-1-2-14(12-15)19(26)21-13-18(25)23-10-8-22(9-11-23)16-4-6-17(24)7-5-16/h1-7,12,24H,8-11,13H2,(H,21,26). The number of anilines is 1. The molecule has 0 aromatic heterocycles. The van der Waals surface area contributed by atoms with Crippen molar-refractivity contribution in [3.63, 3.8) is 0 Å². The number of carbonyl (C=O) groups is 2. The predicted octanol–water partition coefficient (Wildman–Crippen LogP) is 2.23. The Morgan fingerprint density at radius 3 is 2.38 bits per heavy atom. The molecule has 7 heteroatoms. The van der Waals surface area contributed by atoms with Gasteiger partial charge in [0.25, 0.3) is 5.91 Å². The van der Waals surface area contributed by atoms with Gasteiger partial charge in [0.1, 0.15) is 5.75 Å². The van der Waals surface area contributed by atoms with Gasteiger partial charge in [-0.05, 0) is 42.5 Å². The molecule has 3 rings (SSSR count). The molecule has 1 heterocycles. The number of nitrogens with one attached hydrogen (secondary N) is 1. The molecule has 0 bridgehead atoms. The zero-order valence-electron chi connectivity index (χ0n) is 14.2. The number of halogens is 1. The van der Waals surface area contributed by atoms with E-state index in [1.54, 1.807) is 35.2 Å². The highest BCUT2D eigenvalue weighted by atomic mass is 79.9. The van der Waals surface area contributed by atoms with E-state index in [1.165, 1.54) is 0 Å². The number of hydrogen-bond acceptors (Lipinski definition) is 4. The maximum Gasteiger partial charge on any atom is 0.251 e. The van der Waals surface area contributed by atoms with E-state index in [9.17, 15) is 14.7 Å². The molecule has 0 spiro atoms. The van der Waals surface area contributed by atoms with Crippen molar-refractivity contribution in [3.8, 4) is 5.75 Å². The van der Waals surface area contributed by atoms with Crippen molar-refractivity contribution in [2.45, 2.75) is 0 Å². The van der Waals surface area contributed by atoms with Gasteiger partial charge in [0.05, 0.1) is 6.54 Å². The van der Waals surface area contributed by atoms with Crippen molar-refractivity contribution in [2.24, 2.45) is 0 Å². The Balaban J connectivity index is 1.47. The van der Waals surface area contributed by atoms with E-state index < -0.39 is 0 Å². The number of phenols is 1. The summed E-state index contributed by atoms with van der Waals surface area (Å²) in [5, 5.41) is 12.0. The van der Waals surface area contributed by atoms with Gasteiger partial charge in [0, 0.05) is 41.9 Å². The largest absolute Gasteiger partial charge is 0.508 e. The van der Waals surface area contributed by atoms with Crippen LogP contribution in [0.5, 0.6) is 5.75 Å². The molecule has 1 aliphatic rings. The van der Waals surface area contributed by atoms with Gasteiger partial charge in [0.2, 0.25) is 5.91 Å². The van der Waals surface area contributed by atoms with Gasteiger partial charge in [-0.2, -0.15) is 0 Å². The second-order valence-corrected chi connectivity index (χ2v) is 6.99. The fourth-order valence-corrected chi connectivity index (χ4v) is 3.28. The molecule has 1 saturated heterocycles. The Kier molecular flexibility index (Phi) is 5.78. The van der Waals surface area contributed by atoms with Crippen LogP contribution in [0.25, 0.3) is 0 Å².